The number of thiophene rings is 1. The highest BCUT2D eigenvalue weighted by Crippen LogP contribution is 2.47. The minimum Gasteiger partial charge on any atom is -0.507 e. The van der Waals surface area contributed by atoms with Gasteiger partial charge in [0.2, 0.25) is 0 Å². The number of fused-ring (bicyclic) bond motifs is 3. The second kappa shape index (κ2) is 7.33. The van der Waals surface area contributed by atoms with Gasteiger partial charge in [-0.15, -0.1) is 11.3 Å². The molecule has 0 spiro atoms. The van der Waals surface area contributed by atoms with Gasteiger partial charge in [-0.25, -0.2) is 0 Å². The molecule has 4 nitrogen and oxygen atoms in total. The fourth-order valence-electron chi connectivity index (χ4n) is 4.18. The molecule has 1 aliphatic carbocycles. The van der Waals surface area contributed by atoms with Gasteiger partial charge in [-0.3, -0.25) is 4.79 Å². The topological polar surface area (TPSA) is 61.4 Å². The third-order valence-corrected chi connectivity index (χ3v) is 8.94. The highest BCUT2D eigenvalue weighted by molar-refractivity contribution is 9.11. The van der Waals surface area contributed by atoms with Gasteiger partial charge in [-0.2, -0.15) is 0 Å². The maximum atomic E-state index is 13.0. The zero-order valence-corrected chi connectivity index (χ0v) is 20.1. The standard InChI is InChI=1S/C21H24Br2N2O2S/c1-4-21(2,3)10-5-6-11-16(7-10)28-20-17(11)19(27)24-18(25-20)12-8-15(26)14(23)9-13(12)22/h8-10,18,25-26H,4-7H2,1-3H3,(H,24,27). The number of rotatable bonds is 3. The second-order valence-corrected chi connectivity index (χ2v) is 11.2. The summed E-state index contributed by atoms with van der Waals surface area (Å²) in [6, 6.07) is 3.47. The molecule has 1 aromatic carbocycles. The Morgan fingerprint density at radius 2 is 2.00 bits per heavy atom. The van der Waals surface area contributed by atoms with Crippen molar-refractivity contribution in [3.8, 4) is 5.75 Å². The number of halogens is 2. The molecule has 0 saturated heterocycles. The highest BCUT2D eigenvalue weighted by Gasteiger charge is 2.37. The Labute approximate surface area is 186 Å². The first-order chi connectivity index (χ1) is 13.2. The average molecular weight is 528 g/mol. The number of hydrogen-bond acceptors (Lipinski definition) is 4. The Kier molecular flexibility index (Phi) is 5.30. The van der Waals surface area contributed by atoms with Crippen LogP contribution in [0.2, 0.25) is 0 Å². The monoisotopic (exact) mass is 526 g/mol. The minimum absolute atomic E-state index is 0.0289. The van der Waals surface area contributed by atoms with Gasteiger partial charge in [0, 0.05) is 14.9 Å². The number of aromatic hydroxyl groups is 1. The van der Waals surface area contributed by atoms with Crippen LogP contribution in [0.3, 0.4) is 0 Å². The van der Waals surface area contributed by atoms with Crippen LogP contribution >= 0.6 is 43.2 Å². The van der Waals surface area contributed by atoms with Crippen LogP contribution in [-0.2, 0) is 12.8 Å². The largest absolute Gasteiger partial charge is 0.507 e. The van der Waals surface area contributed by atoms with E-state index in [0.717, 1.165) is 39.9 Å². The molecule has 150 valence electrons. The Hall–Kier alpha value is -1.05. The fourth-order valence-corrected chi connectivity index (χ4v) is 6.76. The van der Waals surface area contributed by atoms with Crippen LogP contribution in [0.25, 0.3) is 0 Å². The number of anilines is 1. The molecule has 2 unspecified atom stereocenters. The molecule has 2 aromatic rings. The van der Waals surface area contributed by atoms with Gasteiger partial charge in [-0.05, 0) is 64.2 Å². The Morgan fingerprint density at radius 3 is 2.71 bits per heavy atom. The molecule has 1 aromatic heterocycles. The molecule has 2 aliphatic rings. The van der Waals surface area contributed by atoms with Crippen molar-refractivity contribution in [3.63, 3.8) is 0 Å². The van der Waals surface area contributed by atoms with Crippen molar-refractivity contribution in [1.82, 2.24) is 5.32 Å². The van der Waals surface area contributed by atoms with Crippen molar-refractivity contribution in [2.45, 2.75) is 52.6 Å². The lowest BCUT2D eigenvalue weighted by Gasteiger charge is -2.36. The van der Waals surface area contributed by atoms with E-state index < -0.39 is 0 Å². The summed E-state index contributed by atoms with van der Waals surface area (Å²) in [4.78, 5) is 14.3. The van der Waals surface area contributed by atoms with Gasteiger partial charge in [0.1, 0.15) is 16.9 Å². The maximum Gasteiger partial charge on any atom is 0.256 e. The van der Waals surface area contributed by atoms with E-state index in [9.17, 15) is 9.90 Å². The van der Waals surface area contributed by atoms with Crippen LogP contribution in [0.5, 0.6) is 5.75 Å². The van der Waals surface area contributed by atoms with E-state index in [4.69, 9.17) is 0 Å². The van der Waals surface area contributed by atoms with E-state index in [1.165, 1.54) is 16.9 Å². The van der Waals surface area contributed by atoms with E-state index in [1.54, 1.807) is 23.5 Å². The lowest BCUT2D eigenvalue weighted by molar-refractivity contribution is 0.0934. The Bertz CT molecular complexity index is 954. The second-order valence-electron chi connectivity index (χ2n) is 8.37. The number of benzene rings is 1. The van der Waals surface area contributed by atoms with E-state index in [-0.39, 0.29) is 17.8 Å². The molecule has 3 N–H and O–H groups in total. The molecule has 4 rings (SSSR count). The van der Waals surface area contributed by atoms with Crippen molar-refractivity contribution in [2.75, 3.05) is 5.32 Å². The van der Waals surface area contributed by atoms with Crippen LogP contribution in [0.15, 0.2) is 21.1 Å². The summed E-state index contributed by atoms with van der Waals surface area (Å²) in [5.74, 6) is 0.774. The van der Waals surface area contributed by atoms with Gasteiger partial charge < -0.3 is 15.7 Å². The number of phenols is 1. The summed E-state index contributed by atoms with van der Waals surface area (Å²) in [6.45, 7) is 6.98. The zero-order valence-electron chi connectivity index (χ0n) is 16.2. The predicted octanol–water partition coefficient (Wildman–Crippen LogP) is 6.37. The first-order valence-electron chi connectivity index (χ1n) is 9.61. The quantitative estimate of drug-likeness (QED) is 0.434. The van der Waals surface area contributed by atoms with Gasteiger partial charge in [0.15, 0.2) is 0 Å². The Balaban J connectivity index is 1.66. The number of nitrogens with one attached hydrogen (secondary N) is 2. The van der Waals surface area contributed by atoms with Crippen molar-refractivity contribution < 1.29 is 9.90 Å². The molecule has 7 heteroatoms. The van der Waals surface area contributed by atoms with Gasteiger partial charge in [0.25, 0.3) is 5.91 Å². The number of carbonyl (C=O) groups is 1. The van der Waals surface area contributed by atoms with Crippen molar-refractivity contribution in [2.24, 2.45) is 11.3 Å². The molecule has 1 amide bonds. The molecule has 0 fully saturated rings. The average Bonchev–Trinajstić information content (AvgIpc) is 3.02. The lowest BCUT2D eigenvalue weighted by Crippen LogP contribution is -2.38. The number of phenolic OH excluding ortho intramolecular Hbond substituents is 1. The Morgan fingerprint density at radius 1 is 1.25 bits per heavy atom. The highest BCUT2D eigenvalue weighted by atomic mass is 79.9. The third-order valence-electron chi connectivity index (χ3n) is 6.44. The van der Waals surface area contributed by atoms with Crippen LogP contribution in [-0.4, -0.2) is 11.0 Å². The van der Waals surface area contributed by atoms with Gasteiger partial charge in [-0.1, -0.05) is 43.1 Å². The molecule has 2 heterocycles. The molecule has 2 atom stereocenters. The maximum absolute atomic E-state index is 13.0. The lowest BCUT2D eigenvalue weighted by atomic mass is 9.69. The molecule has 0 bridgehead atoms. The van der Waals surface area contributed by atoms with Crippen LogP contribution in [0, 0.1) is 11.3 Å². The molecule has 28 heavy (non-hydrogen) atoms. The third kappa shape index (κ3) is 3.39. The summed E-state index contributed by atoms with van der Waals surface area (Å²) in [7, 11) is 0. The molecule has 0 saturated carbocycles. The summed E-state index contributed by atoms with van der Waals surface area (Å²) in [5.41, 5.74) is 3.17. The summed E-state index contributed by atoms with van der Waals surface area (Å²) in [6.07, 6.45) is 3.95. The number of carbonyl (C=O) groups excluding carboxylic acids is 1. The first kappa shape index (κ1) is 20.2. The molecule has 0 radical (unpaired) electrons. The van der Waals surface area contributed by atoms with Crippen molar-refractivity contribution in [3.05, 3.63) is 42.6 Å². The van der Waals surface area contributed by atoms with Crippen LogP contribution < -0.4 is 10.6 Å². The summed E-state index contributed by atoms with van der Waals surface area (Å²) < 4.78 is 1.44. The van der Waals surface area contributed by atoms with E-state index in [2.05, 4.69) is 63.3 Å². The van der Waals surface area contributed by atoms with Crippen LogP contribution in [0.4, 0.5) is 5.00 Å². The fraction of sp³-hybridized carbons (Fsp3) is 0.476. The normalized spacial score (nSPS) is 21.5. The number of hydrogen-bond donors (Lipinski definition) is 3. The molecular weight excluding hydrogens is 504 g/mol. The zero-order chi connectivity index (χ0) is 20.2. The van der Waals surface area contributed by atoms with Gasteiger partial charge in [0.05, 0.1) is 10.0 Å². The van der Waals surface area contributed by atoms with Gasteiger partial charge >= 0.3 is 0 Å². The van der Waals surface area contributed by atoms with Crippen molar-refractivity contribution >= 4 is 54.1 Å². The molecule has 1 aliphatic heterocycles. The first-order valence-corrected chi connectivity index (χ1v) is 12.0. The molecular formula is C21H24Br2N2O2S. The van der Waals surface area contributed by atoms with Crippen LogP contribution in [0.1, 0.15) is 66.1 Å². The van der Waals surface area contributed by atoms with E-state index in [1.807, 2.05) is 0 Å². The summed E-state index contributed by atoms with van der Waals surface area (Å²) >= 11 is 8.59. The SMILES string of the molecule is CCC(C)(C)C1CCc2c(sc3c2C(=O)NC(c2cc(O)c(Br)cc2Br)N3)C1. The number of amides is 1. The van der Waals surface area contributed by atoms with E-state index in [0.29, 0.717) is 15.8 Å². The van der Waals surface area contributed by atoms with E-state index >= 15 is 0 Å². The predicted molar refractivity (Wildman–Crippen MR) is 121 cm³/mol. The smallest absolute Gasteiger partial charge is 0.256 e. The van der Waals surface area contributed by atoms with Crippen molar-refractivity contribution in [1.29, 1.82) is 0 Å². The summed E-state index contributed by atoms with van der Waals surface area (Å²) in [5, 5.41) is 17.6. The minimum atomic E-state index is -0.378.